The zero-order valence-corrected chi connectivity index (χ0v) is 14.4. The number of carbonyl (C=O) groups excluding carboxylic acids is 1. The Balaban J connectivity index is 1.70. The lowest BCUT2D eigenvalue weighted by atomic mass is 9.92. The molecular weight excluding hydrogens is 264 g/mol. The minimum Gasteiger partial charge on any atom is -0.444 e. The number of nitrogens with zero attached hydrogens (tertiary/aromatic N) is 1. The Morgan fingerprint density at radius 3 is 2.62 bits per heavy atom. The van der Waals surface area contributed by atoms with Crippen LogP contribution in [0.1, 0.15) is 60.3 Å². The van der Waals surface area contributed by atoms with Crippen molar-refractivity contribution < 1.29 is 9.53 Å². The second-order valence-corrected chi connectivity index (χ2v) is 8.59. The number of carbonyl (C=O) groups is 1. The van der Waals surface area contributed by atoms with Gasteiger partial charge >= 0.3 is 6.09 Å². The second-order valence-electron chi connectivity index (χ2n) is 8.59. The van der Waals surface area contributed by atoms with Gasteiger partial charge in [-0.05, 0) is 64.3 Å². The van der Waals surface area contributed by atoms with E-state index in [0.717, 1.165) is 26.1 Å². The lowest BCUT2D eigenvalue weighted by molar-refractivity contribution is 0.0288. The van der Waals surface area contributed by atoms with Crippen molar-refractivity contribution in [1.29, 1.82) is 0 Å². The van der Waals surface area contributed by atoms with E-state index >= 15 is 0 Å². The summed E-state index contributed by atoms with van der Waals surface area (Å²) in [6.45, 7) is 13.2. The van der Waals surface area contributed by atoms with Crippen LogP contribution in [0, 0.1) is 11.3 Å². The van der Waals surface area contributed by atoms with Crippen LogP contribution in [0.25, 0.3) is 0 Å². The fraction of sp³-hybridized carbons (Fsp3) is 0.941. The van der Waals surface area contributed by atoms with E-state index in [9.17, 15) is 4.79 Å². The Kier molecular flexibility index (Phi) is 4.86. The molecule has 0 aromatic carbocycles. The van der Waals surface area contributed by atoms with Crippen molar-refractivity contribution in [3.63, 3.8) is 0 Å². The van der Waals surface area contributed by atoms with Crippen LogP contribution < -0.4 is 5.32 Å². The largest absolute Gasteiger partial charge is 0.444 e. The Morgan fingerprint density at radius 1 is 1.33 bits per heavy atom. The summed E-state index contributed by atoms with van der Waals surface area (Å²) < 4.78 is 5.44. The Labute approximate surface area is 129 Å². The standard InChI is InChI=1S/C17H32N2O2/c1-16(2,3)21-15(20)19-9-7-13(12-19)11-18-14-6-8-17(4,5)10-14/h13-14,18H,6-12H2,1-5H3. The quantitative estimate of drug-likeness (QED) is 0.867. The molecule has 1 saturated carbocycles. The van der Waals surface area contributed by atoms with Gasteiger partial charge in [0.1, 0.15) is 5.60 Å². The molecule has 0 spiro atoms. The van der Waals surface area contributed by atoms with Crippen LogP contribution in [0.15, 0.2) is 0 Å². The lowest BCUT2D eigenvalue weighted by Gasteiger charge is -2.24. The van der Waals surface area contributed by atoms with Gasteiger partial charge in [-0.1, -0.05) is 13.8 Å². The number of rotatable bonds is 3. The summed E-state index contributed by atoms with van der Waals surface area (Å²) in [5.41, 5.74) is 0.0960. The molecule has 2 atom stereocenters. The molecule has 1 aliphatic heterocycles. The fourth-order valence-electron chi connectivity index (χ4n) is 3.44. The van der Waals surface area contributed by atoms with Gasteiger partial charge in [-0.2, -0.15) is 0 Å². The molecule has 1 amide bonds. The maximum atomic E-state index is 12.0. The molecule has 0 aromatic heterocycles. The summed E-state index contributed by atoms with van der Waals surface area (Å²) in [4.78, 5) is 13.9. The van der Waals surface area contributed by atoms with E-state index in [1.54, 1.807) is 0 Å². The lowest BCUT2D eigenvalue weighted by Crippen LogP contribution is -2.37. The van der Waals surface area contributed by atoms with Gasteiger partial charge in [0.15, 0.2) is 0 Å². The summed E-state index contributed by atoms with van der Waals surface area (Å²) in [6, 6.07) is 0.663. The molecule has 0 bridgehead atoms. The maximum Gasteiger partial charge on any atom is 0.410 e. The first-order valence-corrected chi connectivity index (χ1v) is 8.36. The summed E-state index contributed by atoms with van der Waals surface area (Å²) >= 11 is 0. The average Bonchev–Trinajstić information content (AvgIpc) is 2.91. The minimum absolute atomic E-state index is 0.160. The summed E-state index contributed by atoms with van der Waals surface area (Å²) in [5.74, 6) is 0.571. The van der Waals surface area contributed by atoms with Crippen molar-refractivity contribution in [3.05, 3.63) is 0 Å². The van der Waals surface area contributed by atoms with Gasteiger partial charge in [-0.15, -0.1) is 0 Å². The van der Waals surface area contributed by atoms with E-state index in [1.807, 2.05) is 25.7 Å². The average molecular weight is 296 g/mol. The molecule has 1 N–H and O–H groups in total. The first kappa shape index (κ1) is 16.6. The van der Waals surface area contributed by atoms with Crippen LogP contribution in [0.2, 0.25) is 0 Å². The normalized spacial score (nSPS) is 28.9. The Bertz CT molecular complexity index is 373. The molecule has 2 fully saturated rings. The van der Waals surface area contributed by atoms with Gasteiger partial charge in [0.25, 0.3) is 0 Å². The zero-order valence-electron chi connectivity index (χ0n) is 14.4. The van der Waals surface area contributed by atoms with Crippen molar-refractivity contribution >= 4 is 6.09 Å². The summed E-state index contributed by atoms with van der Waals surface area (Å²) in [7, 11) is 0. The highest BCUT2D eigenvalue weighted by Gasteiger charge is 2.33. The second kappa shape index (κ2) is 6.15. The van der Waals surface area contributed by atoms with Crippen LogP contribution in [-0.2, 0) is 4.74 Å². The number of amides is 1. The van der Waals surface area contributed by atoms with Crippen molar-refractivity contribution in [1.82, 2.24) is 10.2 Å². The van der Waals surface area contributed by atoms with E-state index in [1.165, 1.54) is 19.3 Å². The molecule has 4 nitrogen and oxygen atoms in total. The first-order valence-electron chi connectivity index (χ1n) is 8.36. The Hall–Kier alpha value is -0.770. The smallest absolute Gasteiger partial charge is 0.410 e. The molecule has 2 unspecified atom stereocenters. The topological polar surface area (TPSA) is 41.6 Å². The maximum absolute atomic E-state index is 12.0. The van der Waals surface area contributed by atoms with Crippen LogP contribution in [0.4, 0.5) is 4.79 Å². The van der Waals surface area contributed by atoms with Gasteiger partial charge in [0.2, 0.25) is 0 Å². The van der Waals surface area contributed by atoms with Crippen molar-refractivity contribution in [2.75, 3.05) is 19.6 Å². The predicted molar refractivity (Wildman–Crippen MR) is 85.3 cm³/mol. The minimum atomic E-state index is -0.400. The van der Waals surface area contributed by atoms with Crippen LogP contribution in [0.5, 0.6) is 0 Å². The third-order valence-electron chi connectivity index (χ3n) is 4.60. The highest BCUT2D eigenvalue weighted by Crippen LogP contribution is 2.37. The van der Waals surface area contributed by atoms with Crippen molar-refractivity contribution in [2.45, 2.75) is 71.9 Å². The molecule has 2 rings (SSSR count). The van der Waals surface area contributed by atoms with Gasteiger partial charge in [0.05, 0.1) is 0 Å². The molecule has 4 heteroatoms. The highest BCUT2D eigenvalue weighted by atomic mass is 16.6. The third kappa shape index (κ3) is 5.17. The molecule has 1 heterocycles. The summed E-state index contributed by atoms with van der Waals surface area (Å²) in [6.07, 6.45) is 4.80. The van der Waals surface area contributed by atoms with Crippen molar-refractivity contribution in [2.24, 2.45) is 11.3 Å². The third-order valence-corrected chi connectivity index (χ3v) is 4.60. The number of ether oxygens (including phenoxy) is 1. The molecule has 122 valence electrons. The predicted octanol–water partition coefficient (Wildman–Crippen LogP) is 3.41. The van der Waals surface area contributed by atoms with Crippen LogP contribution in [-0.4, -0.2) is 42.3 Å². The first-order chi connectivity index (χ1) is 9.65. The molecule has 0 radical (unpaired) electrons. The fourth-order valence-corrected chi connectivity index (χ4v) is 3.44. The van der Waals surface area contributed by atoms with E-state index in [2.05, 4.69) is 19.2 Å². The number of hydrogen-bond acceptors (Lipinski definition) is 3. The number of hydrogen-bond donors (Lipinski definition) is 1. The molecule has 2 aliphatic rings. The van der Waals surface area contributed by atoms with E-state index < -0.39 is 5.60 Å². The van der Waals surface area contributed by atoms with Gasteiger partial charge in [0, 0.05) is 19.1 Å². The van der Waals surface area contributed by atoms with E-state index in [4.69, 9.17) is 4.74 Å². The SMILES string of the molecule is CC1(C)CCC(NCC2CCN(C(=O)OC(C)(C)C)C2)C1. The molecule has 0 aromatic rings. The molecular formula is C17H32N2O2. The van der Waals surface area contributed by atoms with E-state index in [0.29, 0.717) is 17.4 Å². The number of nitrogens with one attached hydrogen (secondary N) is 1. The molecule has 1 saturated heterocycles. The number of likely N-dealkylation sites (tertiary alicyclic amines) is 1. The monoisotopic (exact) mass is 296 g/mol. The van der Waals surface area contributed by atoms with Crippen LogP contribution >= 0.6 is 0 Å². The van der Waals surface area contributed by atoms with Crippen LogP contribution in [0.3, 0.4) is 0 Å². The van der Waals surface area contributed by atoms with Gasteiger partial charge in [-0.25, -0.2) is 4.79 Å². The van der Waals surface area contributed by atoms with Gasteiger partial charge in [-0.3, -0.25) is 0 Å². The van der Waals surface area contributed by atoms with Crippen molar-refractivity contribution in [3.8, 4) is 0 Å². The van der Waals surface area contributed by atoms with E-state index in [-0.39, 0.29) is 6.09 Å². The molecule has 21 heavy (non-hydrogen) atoms. The highest BCUT2D eigenvalue weighted by molar-refractivity contribution is 5.68. The Morgan fingerprint density at radius 2 is 2.05 bits per heavy atom. The molecule has 1 aliphatic carbocycles. The van der Waals surface area contributed by atoms with Gasteiger partial charge < -0.3 is 15.0 Å². The summed E-state index contributed by atoms with van der Waals surface area (Å²) in [5, 5.41) is 3.71. The zero-order chi connectivity index (χ0) is 15.7.